The first-order chi connectivity index (χ1) is 15.3. The zero-order chi connectivity index (χ0) is 23.1. The summed E-state index contributed by atoms with van der Waals surface area (Å²) in [4.78, 5) is 15.1. The van der Waals surface area contributed by atoms with Crippen molar-refractivity contribution in [1.29, 1.82) is 0 Å². The van der Waals surface area contributed by atoms with Gasteiger partial charge in [-0.1, -0.05) is 19.1 Å². The summed E-state index contributed by atoms with van der Waals surface area (Å²) in [6.07, 6.45) is 1.10. The van der Waals surface area contributed by atoms with Gasteiger partial charge in [0.2, 0.25) is 5.91 Å². The maximum absolute atomic E-state index is 12.5. The highest BCUT2D eigenvalue weighted by molar-refractivity contribution is 7.91. The number of carbonyl (C=O) groups is 1. The average Bonchev–Trinajstić information content (AvgIpc) is 2.83. The molecule has 1 saturated heterocycles. The molecule has 174 valence electrons. The van der Waals surface area contributed by atoms with E-state index >= 15 is 0 Å². The molecule has 1 unspecified atom stereocenters. The number of carbonyl (C=O) groups excluding carboxylic acids is 1. The lowest BCUT2D eigenvalue weighted by molar-refractivity contribution is -0.133. The van der Waals surface area contributed by atoms with Crippen LogP contribution in [0.25, 0.3) is 0 Å². The second kappa shape index (κ2) is 10.8. The van der Waals surface area contributed by atoms with Crippen LogP contribution in [0, 0.1) is 0 Å². The molecule has 2 aromatic rings. The standard InChI is InChI=1S/C24H32N2O5S/c1-4-32(28,29)23-10-8-21(9-11-23)26-14-12-20(13-15-26)25-24(27)18(2)31-17-19-6-5-7-22(16-19)30-3/h5-11,16,18,20H,4,12-15,17H2,1-3H3,(H,25,27). The second-order valence-electron chi connectivity index (χ2n) is 7.97. The lowest BCUT2D eigenvalue weighted by Gasteiger charge is -2.34. The Labute approximate surface area is 190 Å². The Morgan fingerprint density at radius 2 is 1.84 bits per heavy atom. The summed E-state index contributed by atoms with van der Waals surface area (Å²) in [6.45, 7) is 5.34. The van der Waals surface area contributed by atoms with E-state index in [2.05, 4.69) is 10.2 Å². The summed E-state index contributed by atoms with van der Waals surface area (Å²) in [7, 11) is -1.57. The molecule has 1 aliphatic rings. The number of rotatable bonds is 9. The molecule has 32 heavy (non-hydrogen) atoms. The van der Waals surface area contributed by atoms with Gasteiger partial charge in [-0.15, -0.1) is 0 Å². The number of methoxy groups -OCH3 is 1. The van der Waals surface area contributed by atoms with Crippen LogP contribution < -0.4 is 15.0 Å². The number of hydrogen-bond acceptors (Lipinski definition) is 6. The number of sulfone groups is 1. The molecule has 1 heterocycles. The van der Waals surface area contributed by atoms with Gasteiger partial charge in [-0.3, -0.25) is 4.79 Å². The molecule has 1 amide bonds. The monoisotopic (exact) mass is 460 g/mol. The van der Waals surface area contributed by atoms with Crippen LogP contribution in [0.5, 0.6) is 5.75 Å². The molecule has 0 aromatic heterocycles. The van der Waals surface area contributed by atoms with Crippen molar-refractivity contribution >= 4 is 21.4 Å². The van der Waals surface area contributed by atoms with Gasteiger partial charge in [-0.05, 0) is 61.7 Å². The molecular formula is C24H32N2O5S. The topological polar surface area (TPSA) is 84.9 Å². The molecule has 3 rings (SSSR count). The third-order valence-electron chi connectivity index (χ3n) is 5.79. The van der Waals surface area contributed by atoms with Gasteiger partial charge in [-0.25, -0.2) is 8.42 Å². The minimum Gasteiger partial charge on any atom is -0.497 e. The van der Waals surface area contributed by atoms with E-state index < -0.39 is 15.9 Å². The molecular weight excluding hydrogens is 428 g/mol. The van der Waals surface area contributed by atoms with E-state index in [0.29, 0.717) is 11.5 Å². The van der Waals surface area contributed by atoms with Crippen LogP contribution >= 0.6 is 0 Å². The predicted octanol–water partition coefficient (Wildman–Crippen LogP) is 3.18. The van der Waals surface area contributed by atoms with E-state index in [-0.39, 0.29) is 17.7 Å². The molecule has 1 fully saturated rings. The highest BCUT2D eigenvalue weighted by Gasteiger charge is 2.23. The third-order valence-corrected chi connectivity index (χ3v) is 7.54. The largest absolute Gasteiger partial charge is 0.497 e. The molecule has 0 spiro atoms. The smallest absolute Gasteiger partial charge is 0.249 e. The first kappa shape index (κ1) is 24.1. The fraction of sp³-hybridized carbons (Fsp3) is 0.458. The molecule has 1 atom stereocenters. The summed E-state index contributed by atoms with van der Waals surface area (Å²) in [5, 5.41) is 3.09. The minimum absolute atomic E-state index is 0.0963. The fourth-order valence-corrected chi connectivity index (χ4v) is 4.57. The molecule has 0 aliphatic carbocycles. The number of nitrogens with zero attached hydrogens (tertiary/aromatic N) is 1. The van der Waals surface area contributed by atoms with Gasteiger partial charge >= 0.3 is 0 Å². The summed E-state index contributed by atoms with van der Waals surface area (Å²) in [5.41, 5.74) is 1.95. The summed E-state index contributed by atoms with van der Waals surface area (Å²) in [6, 6.07) is 14.7. The zero-order valence-electron chi connectivity index (χ0n) is 18.9. The first-order valence-corrected chi connectivity index (χ1v) is 12.6. The van der Waals surface area contributed by atoms with Crippen LogP contribution in [-0.4, -0.2) is 52.4 Å². The minimum atomic E-state index is -3.19. The fourth-order valence-electron chi connectivity index (χ4n) is 3.69. The van der Waals surface area contributed by atoms with E-state index in [1.807, 2.05) is 36.4 Å². The number of benzene rings is 2. The highest BCUT2D eigenvalue weighted by Crippen LogP contribution is 2.23. The van der Waals surface area contributed by atoms with Crippen LogP contribution in [0.4, 0.5) is 5.69 Å². The quantitative estimate of drug-likeness (QED) is 0.619. The number of piperidine rings is 1. The molecule has 0 radical (unpaired) electrons. The molecule has 2 aromatic carbocycles. The van der Waals surface area contributed by atoms with Crippen molar-refractivity contribution in [2.75, 3.05) is 30.9 Å². The number of ether oxygens (including phenoxy) is 2. The summed E-state index contributed by atoms with van der Waals surface area (Å²) < 4.78 is 34.9. The van der Waals surface area contributed by atoms with E-state index in [9.17, 15) is 13.2 Å². The first-order valence-electron chi connectivity index (χ1n) is 10.9. The molecule has 7 nitrogen and oxygen atoms in total. The Morgan fingerprint density at radius 1 is 1.16 bits per heavy atom. The van der Waals surface area contributed by atoms with Gasteiger partial charge < -0.3 is 19.7 Å². The predicted molar refractivity (Wildman–Crippen MR) is 125 cm³/mol. The highest BCUT2D eigenvalue weighted by atomic mass is 32.2. The maximum atomic E-state index is 12.5. The van der Waals surface area contributed by atoms with Crippen molar-refractivity contribution in [2.45, 2.75) is 50.3 Å². The Kier molecular flexibility index (Phi) is 8.15. The van der Waals surface area contributed by atoms with Gasteiger partial charge in [0.05, 0.1) is 24.4 Å². The van der Waals surface area contributed by atoms with Crippen LogP contribution in [0.1, 0.15) is 32.3 Å². The normalized spacial score (nSPS) is 15.9. The van der Waals surface area contributed by atoms with Gasteiger partial charge in [0, 0.05) is 24.8 Å². The molecule has 1 N–H and O–H groups in total. The molecule has 1 aliphatic heterocycles. The Morgan fingerprint density at radius 3 is 2.47 bits per heavy atom. The zero-order valence-corrected chi connectivity index (χ0v) is 19.7. The number of anilines is 1. The number of amides is 1. The number of nitrogens with one attached hydrogen (secondary N) is 1. The average molecular weight is 461 g/mol. The molecule has 0 bridgehead atoms. The second-order valence-corrected chi connectivity index (χ2v) is 10.3. The van der Waals surface area contributed by atoms with E-state index in [1.165, 1.54) is 0 Å². The van der Waals surface area contributed by atoms with Gasteiger partial charge in [0.1, 0.15) is 11.9 Å². The molecule has 0 saturated carbocycles. The van der Waals surface area contributed by atoms with Gasteiger partial charge in [-0.2, -0.15) is 0 Å². The lowest BCUT2D eigenvalue weighted by Crippen LogP contribution is -2.47. The maximum Gasteiger partial charge on any atom is 0.249 e. The van der Waals surface area contributed by atoms with Gasteiger partial charge in [0.25, 0.3) is 0 Å². The lowest BCUT2D eigenvalue weighted by atomic mass is 10.0. The Bertz CT molecular complexity index is 999. The van der Waals surface area contributed by atoms with Crippen LogP contribution in [0.2, 0.25) is 0 Å². The van der Waals surface area contributed by atoms with Crippen molar-refractivity contribution in [1.82, 2.24) is 5.32 Å². The Balaban J connectivity index is 1.45. The number of hydrogen-bond donors (Lipinski definition) is 1. The van der Waals surface area contributed by atoms with E-state index in [4.69, 9.17) is 9.47 Å². The SMILES string of the molecule is CCS(=O)(=O)c1ccc(N2CCC(NC(=O)C(C)OCc3cccc(OC)c3)CC2)cc1. The summed E-state index contributed by atoms with van der Waals surface area (Å²) >= 11 is 0. The molecule has 8 heteroatoms. The van der Waals surface area contributed by atoms with Crippen molar-refractivity contribution < 1.29 is 22.7 Å². The van der Waals surface area contributed by atoms with Crippen molar-refractivity contribution in [3.05, 3.63) is 54.1 Å². The van der Waals surface area contributed by atoms with Crippen molar-refractivity contribution in [3.8, 4) is 5.75 Å². The van der Waals surface area contributed by atoms with Crippen LogP contribution in [0.3, 0.4) is 0 Å². The van der Waals surface area contributed by atoms with E-state index in [1.54, 1.807) is 33.1 Å². The third kappa shape index (κ3) is 6.23. The Hall–Kier alpha value is -2.58. The van der Waals surface area contributed by atoms with Gasteiger partial charge in [0.15, 0.2) is 9.84 Å². The van der Waals surface area contributed by atoms with Crippen molar-refractivity contribution in [2.24, 2.45) is 0 Å². The van der Waals surface area contributed by atoms with Crippen LogP contribution in [-0.2, 0) is 26.0 Å². The van der Waals surface area contributed by atoms with E-state index in [0.717, 1.165) is 42.9 Å². The summed E-state index contributed by atoms with van der Waals surface area (Å²) in [5.74, 6) is 0.746. The van der Waals surface area contributed by atoms with Crippen molar-refractivity contribution in [3.63, 3.8) is 0 Å². The van der Waals surface area contributed by atoms with Crippen LogP contribution in [0.15, 0.2) is 53.4 Å².